The Morgan fingerprint density at radius 3 is 2.62 bits per heavy atom. The molecule has 1 fully saturated rings. The van der Waals surface area contributed by atoms with Crippen LogP contribution in [0.2, 0.25) is 0 Å². The monoisotopic (exact) mass is 335 g/mol. The van der Waals surface area contributed by atoms with Gasteiger partial charge in [0.25, 0.3) is 0 Å². The topological polar surface area (TPSA) is 50.8 Å². The SMILES string of the molecule is N#Cc1ccc(OC(F)(F)F)cc1-c1cnn(C2CCCCC2)c1. The van der Waals surface area contributed by atoms with E-state index >= 15 is 0 Å². The summed E-state index contributed by atoms with van der Waals surface area (Å²) in [7, 11) is 0. The highest BCUT2D eigenvalue weighted by atomic mass is 19.4. The van der Waals surface area contributed by atoms with Crippen LogP contribution >= 0.6 is 0 Å². The van der Waals surface area contributed by atoms with Crippen molar-refractivity contribution < 1.29 is 17.9 Å². The van der Waals surface area contributed by atoms with Gasteiger partial charge in [0.2, 0.25) is 0 Å². The van der Waals surface area contributed by atoms with Gasteiger partial charge in [-0.15, -0.1) is 13.2 Å². The number of nitriles is 1. The number of hydrogen-bond acceptors (Lipinski definition) is 3. The zero-order valence-electron chi connectivity index (χ0n) is 12.9. The number of benzene rings is 1. The molecule has 1 aromatic carbocycles. The van der Waals surface area contributed by atoms with Gasteiger partial charge in [0.15, 0.2) is 0 Å². The van der Waals surface area contributed by atoms with E-state index in [0.717, 1.165) is 31.7 Å². The molecule has 4 nitrogen and oxygen atoms in total. The molecule has 0 saturated heterocycles. The lowest BCUT2D eigenvalue weighted by Crippen LogP contribution is -2.17. The summed E-state index contributed by atoms with van der Waals surface area (Å²) in [6, 6.07) is 6.01. The maximum atomic E-state index is 12.4. The molecule has 2 aromatic rings. The number of halogens is 3. The summed E-state index contributed by atoms with van der Waals surface area (Å²) in [6.45, 7) is 0. The number of aromatic nitrogens is 2. The molecule has 1 saturated carbocycles. The van der Waals surface area contributed by atoms with Crippen LogP contribution < -0.4 is 4.74 Å². The van der Waals surface area contributed by atoms with Gasteiger partial charge in [-0.25, -0.2) is 0 Å². The van der Waals surface area contributed by atoms with Crippen molar-refractivity contribution in [1.82, 2.24) is 9.78 Å². The average Bonchev–Trinajstić information content (AvgIpc) is 3.04. The second-order valence-electron chi connectivity index (χ2n) is 5.87. The van der Waals surface area contributed by atoms with Gasteiger partial charge in [0.1, 0.15) is 5.75 Å². The van der Waals surface area contributed by atoms with E-state index in [2.05, 4.69) is 9.84 Å². The number of hydrogen-bond donors (Lipinski definition) is 0. The van der Waals surface area contributed by atoms with E-state index in [0.29, 0.717) is 17.2 Å². The van der Waals surface area contributed by atoms with Crippen molar-refractivity contribution >= 4 is 0 Å². The highest BCUT2D eigenvalue weighted by molar-refractivity contribution is 5.71. The van der Waals surface area contributed by atoms with Gasteiger partial charge in [-0.2, -0.15) is 10.4 Å². The van der Waals surface area contributed by atoms with Gasteiger partial charge in [0.05, 0.1) is 23.9 Å². The highest BCUT2D eigenvalue weighted by Gasteiger charge is 2.31. The van der Waals surface area contributed by atoms with Crippen LogP contribution in [-0.4, -0.2) is 16.1 Å². The van der Waals surface area contributed by atoms with Crippen molar-refractivity contribution in [2.45, 2.75) is 44.5 Å². The van der Waals surface area contributed by atoms with Crippen molar-refractivity contribution in [2.75, 3.05) is 0 Å². The van der Waals surface area contributed by atoms with Crippen LogP contribution in [0.15, 0.2) is 30.6 Å². The molecule has 0 N–H and O–H groups in total. The Bertz CT molecular complexity index is 755. The molecule has 1 aromatic heterocycles. The summed E-state index contributed by atoms with van der Waals surface area (Å²) in [4.78, 5) is 0. The van der Waals surface area contributed by atoms with Gasteiger partial charge in [-0.3, -0.25) is 4.68 Å². The lowest BCUT2D eigenvalue weighted by molar-refractivity contribution is -0.274. The molecule has 0 amide bonds. The first-order valence-corrected chi connectivity index (χ1v) is 7.81. The van der Waals surface area contributed by atoms with Crippen LogP contribution in [0.1, 0.15) is 43.7 Å². The largest absolute Gasteiger partial charge is 0.573 e. The minimum atomic E-state index is -4.77. The summed E-state index contributed by atoms with van der Waals surface area (Å²) in [5.41, 5.74) is 1.29. The van der Waals surface area contributed by atoms with Crippen LogP contribution in [0.3, 0.4) is 0 Å². The average molecular weight is 335 g/mol. The third-order valence-corrected chi connectivity index (χ3v) is 4.21. The van der Waals surface area contributed by atoms with Crippen LogP contribution in [-0.2, 0) is 0 Å². The normalized spacial score (nSPS) is 15.9. The molecule has 0 radical (unpaired) electrons. The maximum absolute atomic E-state index is 12.4. The zero-order valence-corrected chi connectivity index (χ0v) is 12.9. The van der Waals surface area contributed by atoms with Gasteiger partial charge in [-0.1, -0.05) is 19.3 Å². The first-order chi connectivity index (χ1) is 11.5. The fraction of sp³-hybridized carbons (Fsp3) is 0.412. The first kappa shape index (κ1) is 16.4. The number of rotatable bonds is 3. The molecular formula is C17H16F3N3O. The van der Waals surface area contributed by atoms with Crippen LogP contribution in [0.25, 0.3) is 11.1 Å². The van der Waals surface area contributed by atoms with E-state index in [9.17, 15) is 18.4 Å². The Balaban J connectivity index is 1.91. The Hall–Kier alpha value is -2.49. The van der Waals surface area contributed by atoms with Gasteiger partial charge in [0, 0.05) is 17.3 Å². The summed E-state index contributed by atoms with van der Waals surface area (Å²) >= 11 is 0. The van der Waals surface area contributed by atoms with E-state index in [4.69, 9.17) is 0 Å². The quantitative estimate of drug-likeness (QED) is 0.807. The molecule has 0 aliphatic heterocycles. The summed E-state index contributed by atoms with van der Waals surface area (Å²) in [5, 5.41) is 13.6. The van der Waals surface area contributed by atoms with E-state index in [-0.39, 0.29) is 11.3 Å². The van der Waals surface area contributed by atoms with E-state index in [1.807, 2.05) is 10.8 Å². The van der Waals surface area contributed by atoms with Crippen molar-refractivity contribution in [3.8, 4) is 22.9 Å². The predicted octanol–water partition coefficient (Wildman–Crippen LogP) is 4.83. The smallest absolute Gasteiger partial charge is 0.406 e. The fourth-order valence-electron chi connectivity index (χ4n) is 3.08. The maximum Gasteiger partial charge on any atom is 0.573 e. The molecule has 1 aliphatic rings. The molecule has 1 heterocycles. The molecule has 3 rings (SSSR count). The highest BCUT2D eigenvalue weighted by Crippen LogP contribution is 2.33. The van der Waals surface area contributed by atoms with Crippen molar-refractivity contribution in [3.05, 3.63) is 36.2 Å². The van der Waals surface area contributed by atoms with Crippen molar-refractivity contribution in [3.63, 3.8) is 0 Å². The molecule has 0 unspecified atom stereocenters. The van der Waals surface area contributed by atoms with E-state index in [1.165, 1.54) is 18.6 Å². The Labute approximate surface area is 137 Å². The fourth-order valence-corrected chi connectivity index (χ4v) is 3.08. The van der Waals surface area contributed by atoms with Crippen LogP contribution in [0, 0.1) is 11.3 Å². The molecule has 24 heavy (non-hydrogen) atoms. The standard InChI is InChI=1S/C17H16F3N3O/c18-17(19,20)24-15-7-6-12(9-21)16(8-15)13-10-22-23(11-13)14-4-2-1-3-5-14/h6-8,10-11,14H,1-5H2. The molecule has 126 valence electrons. The minimum absolute atomic E-state index is 0.285. The molecule has 0 atom stereocenters. The van der Waals surface area contributed by atoms with E-state index in [1.54, 1.807) is 12.4 Å². The molecule has 0 spiro atoms. The van der Waals surface area contributed by atoms with Gasteiger partial charge >= 0.3 is 6.36 Å². The lowest BCUT2D eigenvalue weighted by Gasteiger charge is -2.21. The zero-order chi connectivity index (χ0) is 17.2. The summed E-state index contributed by atoms with van der Waals surface area (Å²) in [5.74, 6) is -0.345. The lowest BCUT2D eigenvalue weighted by atomic mass is 9.95. The minimum Gasteiger partial charge on any atom is -0.406 e. The number of ether oxygens (including phenoxy) is 1. The third-order valence-electron chi connectivity index (χ3n) is 4.21. The van der Waals surface area contributed by atoms with Gasteiger partial charge in [-0.05, 0) is 31.0 Å². The Morgan fingerprint density at radius 2 is 1.96 bits per heavy atom. The van der Waals surface area contributed by atoms with Gasteiger partial charge < -0.3 is 4.74 Å². The third kappa shape index (κ3) is 3.70. The molecular weight excluding hydrogens is 319 g/mol. The second-order valence-corrected chi connectivity index (χ2v) is 5.87. The van der Waals surface area contributed by atoms with Crippen LogP contribution in [0.4, 0.5) is 13.2 Å². The van der Waals surface area contributed by atoms with E-state index < -0.39 is 6.36 Å². The van der Waals surface area contributed by atoms with Crippen LogP contribution in [0.5, 0.6) is 5.75 Å². The number of alkyl halides is 3. The Morgan fingerprint density at radius 1 is 1.21 bits per heavy atom. The van der Waals surface area contributed by atoms with Crippen molar-refractivity contribution in [1.29, 1.82) is 5.26 Å². The molecule has 0 bridgehead atoms. The van der Waals surface area contributed by atoms with Crippen molar-refractivity contribution in [2.24, 2.45) is 0 Å². The molecule has 1 aliphatic carbocycles. The number of nitrogens with zero attached hydrogens (tertiary/aromatic N) is 3. The predicted molar refractivity (Wildman–Crippen MR) is 81.2 cm³/mol. The molecule has 7 heteroatoms. The Kier molecular flexibility index (Phi) is 4.47. The second kappa shape index (κ2) is 6.56. The summed E-state index contributed by atoms with van der Waals surface area (Å²) in [6.07, 6.45) is 4.23. The summed E-state index contributed by atoms with van der Waals surface area (Å²) < 4.78 is 43.0. The first-order valence-electron chi connectivity index (χ1n) is 7.81.